The molecule has 2 heterocycles. The van der Waals surface area contributed by atoms with Crippen LogP contribution < -0.4 is 0 Å². The zero-order valence-corrected chi connectivity index (χ0v) is 12.0. The van der Waals surface area contributed by atoms with Gasteiger partial charge in [0.1, 0.15) is 5.69 Å². The van der Waals surface area contributed by atoms with Crippen LogP contribution in [0.5, 0.6) is 0 Å². The van der Waals surface area contributed by atoms with Crippen molar-refractivity contribution in [3.8, 4) is 11.5 Å². The smallest absolute Gasteiger partial charge is 0.157 e. The maximum absolute atomic E-state index is 4.63. The molecule has 3 aromatic rings. The van der Waals surface area contributed by atoms with Crippen LogP contribution in [-0.2, 0) is 7.05 Å². The first kappa shape index (κ1) is 11.5. The van der Waals surface area contributed by atoms with Crippen LogP contribution in [0.1, 0.15) is 11.1 Å². The third-order valence-corrected chi connectivity index (χ3v) is 3.96. The van der Waals surface area contributed by atoms with Crippen molar-refractivity contribution in [2.75, 3.05) is 0 Å². The van der Waals surface area contributed by atoms with E-state index in [4.69, 9.17) is 0 Å². The molecule has 1 aromatic carbocycles. The van der Waals surface area contributed by atoms with Gasteiger partial charge in [-0.2, -0.15) is 5.10 Å². The zero-order valence-electron chi connectivity index (χ0n) is 10.5. The molecule has 5 heteroatoms. The van der Waals surface area contributed by atoms with Gasteiger partial charge in [0.15, 0.2) is 5.82 Å². The van der Waals surface area contributed by atoms with Crippen molar-refractivity contribution in [2.45, 2.75) is 13.8 Å². The molecule has 0 aliphatic rings. The van der Waals surface area contributed by atoms with Gasteiger partial charge in [0.05, 0.1) is 17.2 Å². The highest BCUT2D eigenvalue weighted by Gasteiger charge is 2.12. The van der Waals surface area contributed by atoms with E-state index >= 15 is 0 Å². The van der Waals surface area contributed by atoms with Crippen LogP contribution in [0.3, 0.4) is 0 Å². The van der Waals surface area contributed by atoms with Crippen molar-refractivity contribution in [3.63, 3.8) is 0 Å². The van der Waals surface area contributed by atoms with Gasteiger partial charge < -0.3 is 4.98 Å². The van der Waals surface area contributed by atoms with Gasteiger partial charge >= 0.3 is 0 Å². The summed E-state index contributed by atoms with van der Waals surface area (Å²) in [4.78, 5) is 7.99. The Morgan fingerprint density at radius 3 is 2.67 bits per heavy atom. The molecule has 0 unspecified atom stereocenters. The first-order valence-electron chi connectivity index (χ1n) is 5.71. The molecule has 18 heavy (non-hydrogen) atoms. The lowest BCUT2D eigenvalue weighted by atomic mass is 10.2. The van der Waals surface area contributed by atoms with E-state index in [0.29, 0.717) is 0 Å². The first-order valence-corrected chi connectivity index (χ1v) is 6.50. The van der Waals surface area contributed by atoms with E-state index in [-0.39, 0.29) is 0 Å². The molecule has 1 N–H and O–H groups in total. The molecule has 0 aliphatic carbocycles. The van der Waals surface area contributed by atoms with Crippen LogP contribution >= 0.6 is 15.9 Å². The fourth-order valence-electron chi connectivity index (χ4n) is 2.14. The van der Waals surface area contributed by atoms with Gasteiger partial charge in [-0.1, -0.05) is 15.9 Å². The Morgan fingerprint density at radius 2 is 2.00 bits per heavy atom. The Morgan fingerprint density at radius 1 is 1.22 bits per heavy atom. The minimum absolute atomic E-state index is 0.861. The predicted octanol–water partition coefficient (Wildman–Crippen LogP) is 3.34. The molecular weight excluding hydrogens is 292 g/mol. The number of fused-ring (bicyclic) bond motifs is 1. The predicted molar refractivity (Wildman–Crippen MR) is 75.5 cm³/mol. The summed E-state index contributed by atoms with van der Waals surface area (Å²) in [5, 5.41) is 4.25. The molecule has 0 radical (unpaired) electrons. The summed E-state index contributed by atoms with van der Waals surface area (Å²) in [6.07, 6.45) is 1.85. The molecule has 0 atom stereocenters. The summed E-state index contributed by atoms with van der Waals surface area (Å²) in [5.74, 6) is 0.861. The summed E-state index contributed by atoms with van der Waals surface area (Å²) in [6, 6.07) is 4.14. The van der Waals surface area contributed by atoms with Gasteiger partial charge in [-0.3, -0.25) is 4.68 Å². The van der Waals surface area contributed by atoms with E-state index < -0.39 is 0 Å². The second-order valence-electron chi connectivity index (χ2n) is 4.50. The molecule has 4 nitrogen and oxygen atoms in total. The molecule has 0 fully saturated rings. The molecule has 3 rings (SSSR count). The summed E-state index contributed by atoms with van der Waals surface area (Å²) >= 11 is 3.53. The molecule has 92 valence electrons. The lowest BCUT2D eigenvalue weighted by Crippen LogP contribution is -1.95. The van der Waals surface area contributed by atoms with Crippen molar-refractivity contribution < 1.29 is 0 Å². The summed E-state index contributed by atoms with van der Waals surface area (Å²) < 4.78 is 2.92. The second-order valence-corrected chi connectivity index (χ2v) is 5.36. The van der Waals surface area contributed by atoms with E-state index in [1.54, 1.807) is 0 Å². The number of aryl methyl sites for hydroxylation is 3. The molecule has 0 amide bonds. The second kappa shape index (κ2) is 3.95. The van der Waals surface area contributed by atoms with Crippen LogP contribution in [-0.4, -0.2) is 19.7 Å². The van der Waals surface area contributed by atoms with Gasteiger partial charge in [0.2, 0.25) is 0 Å². The normalized spacial score (nSPS) is 11.3. The third-order valence-electron chi connectivity index (χ3n) is 3.11. The molecule has 0 saturated carbocycles. The van der Waals surface area contributed by atoms with Crippen LogP contribution in [0.4, 0.5) is 0 Å². The molecular formula is C13H13BrN4. The van der Waals surface area contributed by atoms with E-state index in [0.717, 1.165) is 32.6 Å². The first-order chi connectivity index (χ1) is 8.56. The highest BCUT2D eigenvalue weighted by Crippen LogP contribution is 2.26. The van der Waals surface area contributed by atoms with Crippen LogP contribution in [0.2, 0.25) is 0 Å². The quantitative estimate of drug-likeness (QED) is 0.749. The summed E-state index contributed by atoms with van der Waals surface area (Å²) in [6.45, 7) is 4.11. The number of imidazole rings is 1. The molecule has 2 aromatic heterocycles. The van der Waals surface area contributed by atoms with Gasteiger partial charge in [-0.05, 0) is 37.1 Å². The fourth-order valence-corrected chi connectivity index (χ4v) is 2.47. The number of benzene rings is 1. The topological polar surface area (TPSA) is 46.5 Å². The number of aromatic amines is 1. The monoisotopic (exact) mass is 304 g/mol. The Hall–Kier alpha value is -1.62. The number of nitrogens with zero attached hydrogens (tertiary/aromatic N) is 3. The Bertz CT molecular complexity index is 680. The van der Waals surface area contributed by atoms with Gasteiger partial charge in [-0.25, -0.2) is 4.98 Å². The summed E-state index contributed by atoms with van der Waals surface area (Å²) in [7, 11) is 1.93. The van der Waals surface area contributed by atoms with Gasteiger partial charge in [0.25, 0.3) is 0 Å². The maximum atomic E-state index is 4.63. The van der Waals surface area contributed by atoms with Crippen LogP contribution in [0.25, 0.3) is 22.6 Å². The van der Waals surface area contributed by atoms with E-state index in [1.807, 2.05) is 30.9 Å². The van der Waals surface area contributed by atoms with Gasteiger partial charge in [-0.15, -0.1) is 0 Å². The van der Waals surface area contributed by atoms with E-state index in [2.05, 4.69) is 44.0 Å². The van der Waals surface area contributed by atoms with Crippen LogP contribution in [0.15, 0.2) is 22.8 Å². The number of hydrogen-bond acceptors (Lipinski definition) is 2. The molecule has 0 bridgehead atoms. The van der Waals surface area contributed by atoms with Crippen LogP contribution in [0, 0.1) is 13.8 Å². The fraction of sp³-hybridized carbons (Fsp3) is 0.231. The number of H-pyrrole nitrogens is 1. The number of nitrogens with one attached hydrogen (secondary N) is 1. The number of hydrogen-bond donors (Lipinski definition) is 1. The van der Waals surface area contributed by atoms with E-state index in [1.165, 1.54) is 5.56 Å². The minimum atomic E-state index is 0.861. The van der Waals surface area contributed by atoms with Crippen molar-refractivity contribution in [2.24, 2.45) is 7.05 Å². The standard InChI is InChI=1S/C13H13BrN4/c1-7-4-10-11(5-9(7)14)17-13(16-10)12-8(2)6-15-18(12)3/h4-6H,1-3H3,(H,16,17). The minimum Gasteiger partial charge on any atom is -0.337 e. The Kier molecular flexibility index (Phi) is 2.52. The van der Waals surface area contributed by atoms with Crippen molar-refractivity contribution >= 4 is 27.0 Å². The SMILES string of the molecule is Cc1cc2[nH]c(-c3c(C)cnn3C)nc2cc1Br. The average molecular weight is 305 g/mol. The molecule has 0 spiro atoms. The van der Waals surface area contributed by atoms with Crippen molar-refractivity contribution in [1.29, 1.82) is 0 Å². The van der Waals surface area contributed by atoms with E-state index in [9.17, 15) is 0 Å². The van der Waals surface area contributed by atoms with Gasteiger partial charge in [0, 0.05) is 11.5 Å². The lowest BCUT2D eigenvalue weighted by molar-refractivity contribution is 0.771. The number of aromatic nitrogens is 4. The highest BCUT2D eigenvalue weighted by molar-refractivity contribution is 9.10. The van der Waals surface area contributed by atoms with Crippen molar-refractivity contribution in [3.05, 3.63) is 33.9 Å². The lowest BCUT2D eigenvalue weighted by Gasteiger charge is -1.98. The molecule has 0 saturated heterocycles. The third kappa shape index (κ3) is 1.66. The highest BCUT2D eigenvalue weighted by atomic mass is 79.9. The zero-order chi connectivity index (χ0) is 12.9. The largest absolute Gasteiger partial charge is 0.337 e. The average Bonchev–Trinajstić information content (AvgIpc) is 2.83. The van der Waals surface area contributed by atoms with Crippen molar-refractivity contribution in [1.82, 2.24) is 19.7 Å². The number of halogens is 1. The Balaban J connectivity index is 2.26. The number of rotatable bonds is 1. The maximum Gasteiger partial charge on any atom is 0.157 e. The Labute approximate surface area is 113 Å². The molecule has 0 aliphatic heterocycles. The summed E-state index contributed by atoms with van der Waals surface area (Å²) in [5.41, 5.74) is 5.35.